The van der Waals surface area contributed by atoms with Crippen molar-refractivity contribution in [1.29, 1.82) is 0 Å². The highest BCUT2D eigenvalue weighted by molar-refractivity contribution is 6.32. The van der Waals surface area contributed by atoms with E-state index in [1.54, 1.807) is 0 Å². The van der Waals surface area contributed by atoms with E-state index in [0.29, 0.717) is 17.4 Å². The van der Waals surface area contributed by atoms with Crippen LogP contribution in [0.5, 0.6) is 0 Å². The molecule has 0 aliphatic rings. The van der Waals surface area contributed by atoms with Crippen LogP contribution in [0.3, 0.4) is 0 Å². The van der Waals surface area contributed by atoms with E-state index in [1.165, 1.54) is 0 Å². The van der Waals surface area contributed by atoms with Crippen LogP contribution in [0.4, 0.5) is 0 Å². The molecule has 0 radical (unpaired) electrons. The van der Waals surface area contributed by atoms with Gasteiger partial charge in [-0.2, -0.15) is 0 Å². The molecule has 0 atom stereocenters. The van der Waals surface area contributed by atoms with Crippen LogP contribution in [0, 0.1) is 11.8 Å². The normalized spacial score (nSPS) is 14.3. The summed E-state index contributed by atoms with van der Waals surface area (Å²) in [6.07, 6.45) is 0. The van der Waals surface area contributed by atoms with E-state index in [4.69, 9.17) is 16.0 Å². The van der Waals surface area contributed by atoms with Crippen LogP contribution < -0.4 is 0 Å². The predicted octanol–water partition coefficient (Wildman–Crippen LogP) is 3.16. The SMILES string of the molecule is CC(C)[SiH2]OC(Cl)(C(C)C)C(C)C. The fraction of sp³-hybridized carbons (Fsp3) is 1.00. The molecular weight excluding hydrogens is 200 g/mol. The molecule has 80 valence electrons. The van der Waals surface area contributed by atoms with Gasteiger partial charge in [0.2, 0.25) is 0 Å². The van der Waals surface area contributed by atoms with Crippen molar-refractivity contribution in [3.05, 3.63) is 0 Å². The Labute approximate surface area is 90.1 Å². The first-order valence-electron chi connectivity index (χ1n) is 5.13. The molecule has 0 unspecified atom stereocenters. The number of hydrogen-bond donors (Lipinski definition) is 0. The van der Waals surface area contributed by atoms with Crippen molar-refractivity contribution < 1.29 is 4.43 Å². The molecule has 0 rings (SSSR count). The molecule has 1 nitrogen and oxygen atoms in total. The van der Waals surface area contributed by atoms with E-state index in [-0.39, 0.29) is 0 Å². The lowest BCUT2D eigenvalue weighted by Crippen LogP contribution is -2.39. The minimum absolute atomic E-state index is 0.375. The predicted molar refractivity (Wildman–Crippen MR) is 63.0 cm³/mol. The first-order valence-corrected chi connectivity index (χ1v) is 6.90. The highest BCUT2D eigenvalue weighted by atomic mass is 35.5. The highest BCUT2D eigenvalue weighted by Crippen LogP contribution is 2.34. The third-order valence-corrected chi connectivity index (χ3v) is 4.69. The zero-order valence-corrected chi connectivity index (χ0v) is 11.9. The second-order valence-electron chi connectivity index (χ2n) is 4.71. The first kappa shape index (κ1) is 13.5. The van der Waals surface area contributed by atoms with Crippen molar-refractivity contribution in [1.82, 2.24) is 0 Å². The lowest BCUT2D eigenvalue weighted by Gasteiger charge is -2.36. The molecule has 0 aromatic carbocycles. The number of hydrogen-bond acceptors (Lipinski definition) is 1. The minimum Gasteiger partial charge on any atom is -0.405 e. The molecule has 0 saturated heterocycles. The fourth-order valence-corrected chi connectivity index (χ4v) is 2.74. The summed E-state index contributed by atoms with van der Waals surface area (Å²) in [6, 6.07) is 0. The van der Waals surface area contributed by atoms with Crippen LogP contribution in [-0.4, -0.2) is 14.8 Å². The van der Waals surface area contributed by atoms with Crippen molar-refractivity contribution >= 4 is 21.4 Å². The fourth-order valence-electron chi connectivity index (χ4n) is 1.29. The summed E-state index contributed by atoms with van der Waals surface area (Å²) in [4.78, 5) is 0. The Morgan fingerprint density at radius 3 is 1.62 bits per heavy atom. The molecule has 0 spiro atoms. The Kier molecular flexibility index (Phi) is 5.57. The molecule has 0 aliphatic heterocycles. The van der Waals surface area contributed by atoms with Crippen LogP contribution >= 0.6 is 11.6 Å². The van der Waals surface area contributed by atoms with Gasteiger partial charge in [0.1, 0.15) is 5.06 Å². The van der Waals surface area contributed by atoms with Gasteiger partial charge in [0, 0.05) is 0 Å². The largest absolute Gasteiger partial charge is 0.405 e. The van der Waals surface area contributed by atoms with Gasteiger partial charge in [0.15, 0.2) is 9.76 Å². The summed E-state index contributed by atoms with van der Waals surface area (Å²) < 4.78 is 5.92. The lowest BCUT2D eigenvalue weighted by molar-refractivity contribution is 0.0631. The summed E-state index contributed by atoms with van der Waals surface area (Å²) in [7, 11) is -0.476. The van der Waals surface area contributed by atoms with Crippen molar-refractivity contribution in [2.75, 3.05) is 0 Å². The van der Waals surface area contributed by atoms with Gasteiger partial charge in [0.25, 0.3) is 0 Å². The van der Waals surface area contributed by atoms with E-state index < -0.39 is 14.8 Å². The average molecular weight is 223 g/mol. The molecule has 0 saturated carbocycles. The van der Waals surface area contributed by atoms with Crippen LogP contribution in [-0.2, 0) is 4.43 Å². The summed E-state index contributed by atoms with van der Waals surface area (Å²) in [5.74, 6) is 0.751. The van der Waals surface area contributed by atoms with Crippen molar-refractivity contribution in [2.45, 2.75) is 52.1 Å². The molecule has 0 aliphatic carbocycles. The summed E-state index contributed by atoms with van der Waals surface area (Å²) in [6.45, 7) is 12.9. The van der Waals surface area contributed by atoms with Crippen LogP contribution in [0.25, 0.3) is 0 Å². The molecule has 13 heavy (non-hydrogen) atoms. The Balaban J connectivity index is 4.25. The van der Waals surface area contributed by atoms with E-state index >= 15 is 0 Å². The van der Waals surface area contributed by atoms with Crippen molar-refractivity contribution in [2.24, 2.45) is 11.8 Å². The van der Waals surface area contributed by atoms with Gasteiger partial charge in [-0.1, -0.05) is 53.1 Å². The topological polar surface area (TPSA) is 9.23 Å². The Hall–Kier alpha value is 0.467. The zero-order valence-electron chi connectivity index (χ0n) is 9.73. The summed E-state index contributed by atoms with van der Waals surface area (Å²) in [5, 5.41) is -0.434. The summed E-state index contributed by atoms with van der Waals surface area (Å²) in [5.41, 5.74) is 0.677. The number of alkyl halides is 1. The van der Waals surface area contributed by atoms with Crippen molar-refractivity contribution in [3.8, 4) is 0 Å². The third kappa shape index (κ3) is 4.01. The smallest absolute Gasteiger partial charge is 0.166 e. The number of rotatable bonds is 5. The van der Waals surface area contributed by atoms with E-state index in [0.717, 1.165) is 0 Å². The molecule has 0 amide bonds. The van der Waals surface area contributed by atoms with Crippen molar-refractivity contribution in [3.63, 3.8) is 0 Å². The second kappa shape index (κ2) is 5.37. The molecule has 0 N–H and O–H groups in total. The van der Waals surface area contributed by atoms with E-state index in [2.05, 4.69) is 41.5 Å². The first-order chi connectivity index (χ1) is 5.80. The maximum absolute atomic E-state index is 6.47. The van der Waals surface area contributed by atoms with E-state index in [9.17, 15) is 0 Å². The quantitative estimate of drug-likeness (QED) is 0.513. The number of halogens is 1. The minimum atomic E-state index is -0.476. The molecular formula is C10H23ClOSi. The van der Waals surface area contributed by atoms with Gasteiger partial charge in [-0.25, -0.2) is 0 Å². The standard InChI is InChI=1S/C10H23ClOSi/c1-7(2)10(11,8(3)4)12-13-9(5)6/h7-9H,13H2,1-6H3. The van der Waals surface area contributed by atoms with Gasteiger partial charge < -0.3 is 4.43 Å². The van der Waals surface area contributed by atoms with Gasteiger partial charge in [-0.3, -0.25) is 0 Å². The van der Waals surface area contributed by atoms with Gasteiger partial charge >= 0.3 is 0 Å². The Morgan fingerprint density at radius 1 is 1.00 bits per heavy atom. The maximum atomic E-state index is 6.47. The average Bonchev–Trinajstić information content (AvgIpc) is 1.99. The molecule has 0 fully saturated rings. The van der Waals surface area contributed by atoms with Crippen LogP contribution in [0.1, 0.15) is 41.5 Å². The lowest BCUT2D eigenvalue weighted by atomic mass is 9.96. The van der Waals surface area contributed by atoms with E-state index in [1.807, 2.05) is 0 Å². The molecule has 0 aromatic rings. The molecule has 0 aromatic heterocycles. The van der Waals surface area contributed by atoms with Gasteiger partial charge in [0.05, 0.1) is 0 Å². The van der Waals surface area contributed by atoms with Gasteiger partial charge in [-0.05, 0) is 17.4 Å². The van der Waals surface area contributed by atoms with Gasteiger partial charge in [-0.15, -0.1) is 0 Å². The van der Waals surface area contributed by atoms with Crippen LogP contribution in [0.15, 0.2) is 0 Å². The molecule has 0 heterocycles. The van der Waals surface area contributed by atoms with Crippen LogP contribution in [0.2, 0.25) is 5.54 Å². The molecule has 0 bridgehead atoms. The highest BCUT2D eigenvalue weighted by Gasteiger charge is 2.35. The zero-order chi connectivity index (χ0) is 10.6. The Morgan fingerprint density at radius 2 is 1.38 bits per heavy atom. The Bertz CT molecular complexity index is 138. The summed E-state index contributed by atoms with van der Waals surface area (Å²) >= 11 is 6.47. The second-order valence-corrected chi connectivity index (χ2v) is 7.56. The third-order valence-electron chi connectivity index (χ3n) is 2.21. The maximum Gasteiger partial charge on any atom is 0.166 e. The molecule has 3 heteroatoms. The monoisotopic (exact) mass is 222 g/mol.